The molecule has 1 unspecified atom stereocenters. The first kappa shape index (κ1) is 27.8. The Morgan fingerprint density at radius 3 is 2.54 bits per heavy atom. The van der Waals surface area contributed by atoms with Gasteiger partial charge in [-0.15, -0.1) is 0 Å². The van der Waals surface area contributed by atoms with Crippen LogP contribution in [0.4, 0.5) is 5.95 Å². The average Bonchev–Trinajstić information content (AvgIpc) is 3.47. The molecule has 200 valence electrons. The second-order valence-electron chi connectivity index (χ2n) is 8.80. The van der Waals surface area contributed by atoms with Gasteiger partial charge in [-0.2, -0.15) is 4.72 Å². The Bertz CT molecular complexity index is 1270. The van der Waals surface area contributed by atoms with Gasteiger partial charge in [0, 0.05) is 31.3 Å². The summed E-state index contributed by atoms with van der Waals surface area (Å²) in [6, 6.07) is 1.77. The van der Waals surface area contributed by atoms with E-state index >= 15 is 0 Å². The van der Waals surface area contributed by atoms with E-state index in [4.69, 9.17) is 4.84 Å². The molecule has 2 atom stereocenters. The van der Waals surface area contributed by atoms with Gasteiger partial charge in [0.05, 0.1) is 4.90 Å². The van der Waals surface area contributed by atoms with Gasteiger partial charge in [-0.05, 0) is 44.7 Å². The van der Waals surface area contributed by atoms with E-state index in [-0.39, 0.29) is 29.5 Å². The number of hydrogen-bond acceptors (Lipinski definition) is 8. The standard InChI is InChI=1S/C23H30N6O7S/c1-13-9-14(2)20(15(3)10-13)37(34,35)29-17(22(32)33)11-26-21(31)19-16(12-36-28-19)5-4-6-18(30)27-23-24-7-8-25-23/h7-10,16-17,29H,4-6,11-12H2,1-3H3,(H,26,31)(H,32,33)(H2,24,25,27,30)/t16?,17-/m0/s1. The summed E-state index contributed by atoms with van der Waals surface area (Å²) in [7, 11) is -4.18. The number of carboxylic acid groups (broad SMARTS) is 1. The van der Waals surface area contributed by atoms with Crippen molar-refractivity contribution in [2.45, 2.75) is 51.0 Å². The lowest BCUT2D eigenvalue weighted by atomic mass is 9.97. The van der Waals surface area contributed by atoms with Gasteiger partial charge < -0.3 is 20.2 Å². The van der Waals surface area contributed by atoms with Crippen LogP contribution in [0.2, 0.25) is 0 Å². The summed E-state index contributed by atoms with van der Waals surface area (Å²) in [5, 5.41) is 18.4. The third kappa shape index (κ3) is 7.36. The van der Waals surface area contributed by atoms with Gasteiger partial charge in [0.1, 0.15) is 12.6 Å². The van der Waals surface area contributed by atoms with Crippen molar-refractivity contribution in [2.24, 2.45) is 11.1 Å². The number of carboxylic acids is 1. The van der Waals surface area contributed by atoms with Crippen LogP contribution in [0.1, 0.15) is 36.0 Å². The van der Waals surface area contributed by atoms with E-state index in [0.29, 0.717) is 29.9 Å². The fourth-order valence-corrected chi connectivity index (χ4v) is 5.78. The molecule has 3 rings (SSSR count). The van der Waals surface area contributed by atoms with E-state index in [0.717, 1.165) is 5.56 Å². The van der Waals surface area contributed by atoms with Gasteiger partial charge >= 0.3 is 5.97 Å². The molecule has 0 fully saturated rings. The molecule has 1 aliphatic rings. The number of aromatic nitrogens is 2. The summed E-state index contributed by atoms with van der Waals surface area (Å²) in [4.78, 5) is 48.2. The molecule has 13 nitrogen and oxygen atoms in total. The number of aliphatic carboxylic acids is 1. The van der Waals surface area contributed by atoms with Crippen LogP contribution in [-0.2, 0) is 29.2 Å². The molecule has 0 bridgehead atoms. The van der Waals surface area contributed by atoms with Gasteiger partial charge in [0.15, 0.2) is 5.71 Å². The molecule has 0 spiro atoms. The Balaban J connectivity index is 1.55. The van der Waals surface area contributed by atoms with Crippen molar-refractivity contribution in [3.05, 3.63) is 41.2 Å². The number of oxime groups is 1. The zero-order chi connectivity index (χ0) is 27.2. The molecule has 0 saturated carbocycles. The number of amides is 2. The molecule has 2 aromatic rings. The van der Waals surface area contributed by atoms with E-state index in [9.17, 15) is 27.9 Å². The maximum absolute atomic E-state index is 13.0. The quantitative estimate of drug-likeness (QED) is 0.266. The topological polar surface area (TPSA) is 192 Å². The average molecular weight is 535 g/mol. The maximum Gasteiger partial charge on any atom is 0.323 e. The minimum atomic E-state index is -4.18. The van der Waals surface area contributed by atoms with Gasteiger partial charge in [-0.25, -0.2) is 13.4 Å². The van der Waals surface area contributed by atoms with Crippen LogP contribution in [0.3, 0.4) is 0 Å². The van der Waals surface area contributed by atoms with Gasteiger partial charge in [-0.1, -0.05) is 22.9 Å². The van der Waals surface area contributed by atoms with Crippen molar-refractivity contribution < 1.29 is 32.7 Å². The number of carbonyl (C=O) groups excluding carboxylic acids is 2. The number of hydrogen-bond donors (Lipinski definition) is 5. The highest BCUT2D eigenvalue weighted by Gasteiger charge is 2.32. The zero-order valence-corrected chi connectivity index (χ0v) is 21.5. The van der Waals surface area contributed by atoms with Crippen LogP contribution >= 0.6 is 0 Å². The molecule has 0 radical (unpaired) electrons. The minimum Gasteiger partial charge on any atom is -0.480 e. The number of benzene rings is 1. The number of aryl methyl sites for hydroxylation is 3. The largest absolute Gasteiger partial charge is 0.480 e. The van der Waals surface area contributed by atoms with Crippen molar-refractivity contribution in [3.63, 3.8) is 0 Å². The van der Waals surface area contributed by atoms with Crippen LogP contribution in [0, 0.1) is 26.7 Å². The van der Waals surface area contributed by atoms with E-state index in [1.54, 1.807) is 32.2 Å². The number of nitrogens with zero attached hydrogens (tertiary/aromatic N) is 2. The summed E-state index contributed by atoms with van der Waals surface area (Å²) < 4.78 is 28.1. The van der Waals surface area contributed by atoms with E-state index in [1.807, 2.05) is 6.92 Å². The number of nitrogens with one attached hydrogen (secondary N) is 4. The van der Waals surface area contributed by atoms with Crippen LogP contribution in [0.15, 0.2) is 34.6 Å². The molecule has 2 heterocycles. The Hall–Kier alpha value is -3.78. The predicted molar refractivity (Wildman–Crippen MR) is 133 cm³/mol. The first-order valence-corrected chi connectivity index (χ1v) is 13.1. The number of rotatable bonds is 12. The fraction of sp³-hybridized carbons (Fsp3) is 0.435. The molecular formula is C23H30N6O7S. The molecule has 0 aliphatic carbocycles. The third-order valence-corrected chi connectivity index (χ3v) is 7.48. The molecular weight excluding hydrogens is 504 g/mol. The lowest BCUT2D eigenvalue weighted by Crippen LogP contribution is -2.50. The monoisotopic (exact) mass is 534 g/mol. The highest BCUT2D eigenvalue weighted by molar-refractivity contribution is 7.89. The molecule has 1 aliphatic heterocycles. The van der Waals surface area contributed by atoms with Crippen molar-refractivity contribution in [2.75, 3.05) is 18.5 Å². The second kappa shape index (κ2) is 12.0. The van der Waals surface area contributed by atoms with Crippen molar-refractivity contribution >= 4 is 39.5 Å². The summed E-state index contributed by atoms with van der Waals surface area (Å²) in [6.45, 7) is 4.73. The Morgan fingerprint density at radius 2 is 1.92 bits per heavy atom. The van der Waals surface area contributed by atoms with Crippen LogP contribution in [-0.4, -0.2) is 66.2 Å². The van der Waals surface area contributed by atoms with Gasteiger partial charge in [-0.3, -0.25) is 19.7 Å². The molecule has 5 N–H and O–H groups in total. The maximum atomic E-state index is 13.0. The van der Waals surface area contributed by atoms with E-state index in [2.05, 4.69) is 30.5 Å². The van der Waals surface area contributed by atoms with Gasteiger partial charge in [0.2, 0.25) is 21.9 Å². The van der Waals surface area contributed by atoms with E-state index < -0.39 is 40.4 Å². The smallest absolute Gasteiger partial charge is 0.323 e. The van der Waals surface area contributed by atoms with Crippen molar-refractivity contribution in [1.82, 2.24) is 20.0 Å². The number of H-pyrrole nitrogens is 1. The first-order chi connectivity index (χ1) is 17.5. The normalized spacial score (nSPS) is 16.0. The summed E-state index contributed by atoms with van der Waals surface area (Å²) >= 11 is 0. The van der Waals surface area contributed by atoms with Crippen molar-refractivity contribution in [1.29, 1.82) is 0 Å². The summed E-state index contributed by atoms with van der Waals surface area (Å²) in [5.74, 6) is -2.42. The molecule has 1 aromatic heterocycles. The summed E-state index contributed by atoms with van der Waals surface area (Å²) in [6.07, 6.45) is 4.15. The molecule has 14 heteroatoms. The SMILES string of the molecule is Cc1cc(C)c(S(=O)(=O)N[C@@H](CNC(=O)C2=NOCC2CCCC(=O)Nc2ncc[nH]2)C(=O)O)c(C)c1. The second-order valence-corrected chi connectivity index (χ2v) is 10.4. The fourth-order valence-electron chi connectivity index (χ4n) is 4.14. The third-order valence-electron chi connectivity index (χ3n) is 5.71. The number of carbonyl (C=O) groups is 3. The van der Waals surface area contributed by atoms with Crippen LogP contribution in [0.5, 0.6) is 0 Å². The molecule has 1 aromatic carbocycles. The van der Waals surface area contributed by atoms with Crippen LogP contribution < -0.4 is 15.4 Å². The van der Waals surface area contributed by atoms with Crippen LogP contribution in [0.25, 0.3) is 0 Å². The lowest BCUT2D eigenvalue weighted by Gasteiger charge is -2.18. The Morgan fingerprint density at radius 1 is 1.22 bits per heavy atom. The van der Waals surface area contributed by atoms with Gasteiger partial charge in [0.25, 0.3) is 5.91 Å². The number of anilines is 1. The first-order valence-electron chi connectivity index (χ1n) is 11.6. The number of imidazole rings is 1. The molecule has 0 saturated heterocycles. The predicted octanol–water partition coefficient (Wildman–Crippen LogP) is 0.994. The minimum absolute atomic E-state index is 0.000364. The summed E-state index contributed by atoms with van der Waals surface area (Å²) in [5.41, 5.74) is 1.90. The van der Waals surface area contributed by atoms with E-state index in [1.165, 1.54) is 6.20 Å². The highest BCUT2D eigenvalue weighted by Crippen LogP contribution is 2.22. The van der Waals surface area contributed by atoms with Crippen molar-refractivity contribution in [3.8, 4) is 0 Å². The number of sulfonamides is 1. The number of aromatic amines is 1. The Kier molecular flexibility index (Phi) is 8.99. The lowest BCUT2D eigenvalue weighted by molar-refractivity contribution is -0.138. The molecule has 2 amide bonds. The highest BCUT2D eigenvalue weighted by atomic mass is 32.2. The zero-order valence-electron chi connectivity index (χ0n) is 20.7. The Labute approximate surface area is 214 Å². The molecule has 37 heavy (non-hydrogen) atoms.